The van der Waals surface area contributed by atoms with Gasteiger partial charge in [-0.15, -0.1) is 0 Å². The molecule has 0 unspecified atom stereocenters. The molecule has 0 saturated heterocycles. The van der Waals surface area contributed by atoms with Gasteiger partial charge in [0.25, 0.3) is 0 Å². The van der Waals surface area contributed by atoms with E-state index >= 15 is 0 Å². The van der Waals surface area contributed by atoms with Gasteiger partial charge in [-0.2, -0.15) is 5.73 Å². The van der Waals surface area contributed by atoms with Crippen molar-refractivity contribution in [1.29, 1.82) is 0 Å². The van der Waals surface area contributed by atoms with E-state index in [4.69, 9.17) is 5.84 Å². The smallest absolute Gasteiger partial charge is 0.496 e. The van der Waals surface area contributed by atoms with Crippen LogP contribution in [0.4, 0.5) is 0 Å². The third-order valence-corrected chi connectivity index (χ3v) is 0.0645. The molecule has 0 rings (SSSR count). The fourth-order valence-corrected chi connectivity index (χ4v) is 0. The van der Waals surface area contributed by atoms with E-state index in [1.807, 2.05) is 0 Å². The van der Waals surface area contributed by atoms with E-state index in [2.05, 4.69) is 10.8 Å². The Balaban J connectivity index is 2.55. The van der Waals surface area contributed by atoms with Gasteiger partial charge < -0.3 is 5.84 Å². The van der Waals surface area contributed by atoms with Crippen LogP contribution in [0.5, 0.6) is 0 Å². The number of hydrogen-bond acceptors (Lipinski definition) is 1. The molecule has 0 aliphatic rings. The van der Waals surface area contributed by atoms with Gasteiger partial charge in [0.05, 0.1) is 0 Å². The van der Waals surface area contributed by atoms with Crippen LogP contribution < -0.4 is 5.73 Å². The summed E-state index contributed by atoms with van der Waals surface area (Å²) in [7, 11) is 0. The minimum atomic E-state index is 1.72. The Kier molecular flexibility index (Phi) is 1.73. The first-order valence-electron chi connectivity index (χ1n) is 0.736. The monoisotopic (exact) mass is 57.0 g/mol. The van der Waals surface area contributed by atoms with Crippen molar-refractivity contribution < 1.29 is 0 Å². The number of nitrogens with zero attached hydrogens (tertiary/aromatic N) is 1. The van der Waals surface area contributed by atoms with Gasteiger partial charge in [-0.1, -0.05) is 5.10 Å². The summed E-state index contributed by atoms with van der Waals surface area (Å²) in [6.07, 6.45) is 1.72. The Morgan fingerprint density at radius 3 is 2.25 bits per heavy atom. The molecule has 4 heavy (non-hydrogen) atoms. The molecule has 0 radical (unpaired) electrons. The Morgan fingerprint density at radius 1 is 2.00 bits per heavy atom. The minimum Gasteiger partial charge on any atom is -0.565 e. The molecular formula is CH3N3. The van der Waals surface area contributed by atoms with Crippen molar-refractivity contribution in [2.45, 2.75) is 0 Å². The maximum Gasteiger partial charge on any atom is 0.496 e. The second-order valence-corrected chi connectivity index (χ2v) is 0.241. The SMILES string of the molecule is [NH-]N=[C+]N. The Hall–Kier alpha value is -0.820. The van der Waals surface area contributed by atoms with Gasteiger partial charge in [0.2, 0.25) is 0 Å². The summed E-state index contributed by atoms with van der Waals surface area (Å²) >= 11 is 0. The minimum absolute atomic E-state index is 1.72. The maximum absolute atomic E-state index is 5.84. The summed E-state index contributed by atoms with van der Waals surface area (Å²) in [5.74, 6) is 5.84. The molecule has 0 aliphatic heterocycles. The third-order valence-electron chi connectivity index (χ3n) is 0.0645. The highest BCUT2D eigenvalue weighted by atomic mass is 15.1. The predicted octanol–water partition coefficient (Wildman–Crippen LogP) is -0.182. The molecule has 0 aromatic carbocycles. The van der Waals surface area contributed by atoms with Crippen LogP contribution in [0.25, 0.3) is 5.84 Å². The van der Waals surface area contributed by atoms with Crippen LogP contribution in [0.3, 0.4) is 0 Å². The molecule has 0 heterocycles. The van der Waals surface area contributed by atoms with Crippen LogP contribution in [-0.4, -0.2) is 6.34 Å². The molecular weight excluding hydrogens is 54.0 g/mol. The molecule has 0 fully saturated rings. The van der Waals surface area contributed by atoms with Crippen molar-refractivity contribution in [2.24, 2.45) is 10.8 Å². The second kappa shape index (κ2) is 2.18. The van der Waals surface area contributed by atoms with Gasteiger partial charge in [-0.3, -0.25) is 0 Å². The van der Waals surface area contributed by atoms with Crippen molar-refractivity contribution in [1.82, 2.24) is 0 Å². The lowest BCUT2D eigenvalue weighted by Crippen LogP contribution is -1.83. The highest BCUT2D eigenvalue weighted by molar-refractivity contribution is 5.51. The molecule has 0 atom stereocenters. The quantitative estimate of drug-likeness (QED) is 0.135. The molecule has 0 amide bonds. The first-order valence-corrected chi connectivity index (χ1v) is 0.736. The molecule has 3 heteroatoms. The maximum atomic E-state index is 5.84. The molecule has 3 N–H and O–H groups in total. The van der Waals surface area contributed by atoms with Crippen molar-refractivity contribution in [3.63, 3.8) is 0 Å². The van der Waals surface area contributed by atoms with Crippen molar-refractivity contribution in [2.75, 3.05) is 0 Å². The van der Waals surface area contributed by atoms with Gasteiger partial charge in [-0.05, 0) is 0 Å². The highest BCUT2D eigenvalue weighted by Crippen LogP contribution is 1.44. The van der Waals surface area contributed by atoms with E-state index in [-0.39, 0.29) is 0 Å². The van der Waals surface area contributed by atoms with Crippen LogP contribution in [0.15, 0.2) is 5.10 Å². The molecule has 0 aromatic heterocycles. The average Bonchev–Trinajstić information content (AvgIpc) is 1.37. The average molecular weight is 57.1 g/mol. The lowest BCUT2D eigenvalue weighted by Gasteiger charge is -1.52. The predicted molar refractivity (Wildman–Crippen MR) is 15.9 cm³/mol. The summed E-state index contributed by atoms with van der Waals surface area (Å²) < 4.78 is 0. The topological polar surface area (TPSA) is 62.2 Å². The van der Waals surface area contributed by atoms with E-state index in [0.717, 1.165) is 0 Å². The van der Waals surface area contributed by atoms with Crippen LogP contribution in [0.2, 0.25) is 0 Å². The van der Waals surface area contributed by atoms with Gasteiger partial charge in [0.1, 0.15) is 0 Å². The fourth-order valence-electron chi connectivity index (χ4n) is 0. The molecule has 0 spiro atoms. The van der Waals surface area contributed by atoms with E-state index in [1.54, 1.807) is 6.34 Å². The van der Waals surface area contributed by atoms with E-state index in [9.17, 15) is 0 Å². The molecule has 0 aliphatic carbocycles. The summed E-state index contributed by atoms with van der Waals surface area (Å²) in [5.41, 5.74) is 4.42. The number of rotatable bonds is 0. The Bertz CT molecular complexity index is 18.5. The number of hydrogen-bond donors (Lipinski definition) is 1. The summed E-state index contributed by atoms with van der Waals surface area (Å²) in [4.78, 5) is 0. The molecule has 22 valence electrons. The standard InChI is InChI=1S/CH3N3/c2-1-4-3/h3H,(H2,2,4). The van der Waals surface area contributed by atoms with Gasteiger partial charge in [-0.25, -0.2) is 0 Å². The van der Waals surface area contributed by atoms with Gasteiger partial charge in [0, 0.05) is 0 Å². The van der Waals surface area contributed by atoms with Crippen LogP contribution in [-0.2, 0) is 0 Å². The molecule has 3 nitrogen and oxygen atoms in total. The zero-order valence-corrected chi connectivity index (χ0v) is 2.02. The molecule has 0 aromatic rings. The zero-order valence-electron chi connectivity index (χ0n) is 2.02. The Labute approximate surface area is 24.3 Å². The highest BCUT2D eigenvalue weighted by Gasteiger charge is 1.53. The van der Waals surface area contributed by atoms with Gasteiger partial charge >= 0.3 is 6.34 Å². The van der Waals surface area contributed by atoms with E-state index in [0.29, 0.717) is 0 Å². The first kappa shape index (κ1) is 3.18. The molecule has 0 bridgehead atoms. The lowest BCUT2D eigenvalue weighted by molar-refractivity contribution is 1.60. The fraction of sp³-hybridized carbons (Fsp3) is 0. The van der Waals surface area contributed by atoms with E-state index < -0.39 is 0 Å². The summed E-state index contributed by atoms with van der Waals surface area (Å²) in [6.45, 7) is 0. The molecule has 0 saturated carbocycles. The van der Waals surface area contributed by atoms with E-state index in [1.165, 1.54) is 0 Å². The van der Waals surface area contributed by atoms with Crippen LogP contribution in [0, 0.1) is 0 Å². The zero-order chi connectivity index (χ0) is 3.41. The van der Waals surface area contributed by atoms with Crippen molar-refractivity contribution in [3.05, 3.63) is 5.84 Å². The van der Waals surface area contributed by atoms with Crippen LogP contribution in [0.1, 0.15) is 0 Å². The lowest BCUT2D eigenvalue weighted by atomic mass is 11.4. The third kappa shape index (κ3) is 1.18. The van der Waals surface area contributed by atoms with Gasteiger partial charge in [0.15, 0.2) is 0 Å². The first-order chi connectivity index (χ1) is 1.91. The number of nitrogens with one attached hydrogen (secondary N) is 1. The normalized spacial score (nSPS) is 7.00. The summed E-state index contributed by atoms with van der Waals surface area (Å²) in [5, 5.41) is 2.51. The van der Waals surface area contributed by atoms with Crippen molar-refractivity contribution >= 4 is 6.34 Å². The number of nitrogens with two attached hydrogens (primary N) is 1. The summed E-state index contributed by atoms with van der Waals surface area (Å²) in [6, 6.07) is 0. The van der Waals surface area contributed by atoms with Crippen molar-refractivity contribution in [3.8, 4) is 0 Å². The van der Waals surface area contributed by atoms with Crippen LogP contribution >= 0.6 is 0 Å². The second-order valence-electron chi connectivity index (χ2n) is 0.241. The Morgan fingerprint density at radius 2 is 2.25 bits per heavy atom. The largest absolute Gasteiger partial charge is 0.565 e.